The molecule has 2 aromatic rings. The van der Waals surface area contributed by atoms with Crippen molar-refractivity contribution in [1.29, 1.82) is 0 Å². The van der Waals surface area contributed by atoms with Gasteiger partial charge in [0.05, 0.1) is 19.0 Å². The van der Waals surface area contributed by atoms with E-state index in [2.05, 4.69) is 48.1 Å². The van der Waals surface area contributed by atoms with E-state index in [0.29, 0.717) is 0 Å². The Morgan fingerprint density at radius 3 is 2.21 bits per heavy atom. The maximum atomic E-state index is 5.70. The van der Waals surface area contributed by atoms with Crippen LogP contribution >= 0.6 is 0 Å². The van der Waals surface area contributed by atoms with Crippen molar-refractivity contribution >= 4 is 0 Å². The molecule has 1 fully saturated rings. The lowest BCUT2D eigenvalue weighted by Gasteiger charge is -2.27. The van der Waals surface area contributed by atoms with Crippen LogP contribution in [0.2, 0.25) is 0 Å². The monoisotopic (exact) mass is 380 g/mol. The lowest BCUT2D eigenvalue weighted by Crippen LogP contribution is -2.14. The highest BCUT2D eigenvalue weighted by Gasteiger charge is 2.19. The van der Waals surface area contributed by atoms with Gasteiger partial charge in [-0.25, -0.2) is 9.97 Å². The van der Waals surface area contributed by atoms with Crippen molar-refractivity contribution in [3.63, 3.8) is 0 Å². The van der Waals surface area contributed by atoms with E-state index in [0.717, 1.165) is 42.0 Å². The summed E-state index contributed by atoms with van der Waals surface area (Å²) in [4.78, 5) is 8.95. The highest BCUT2D eigenvalue weighted by atomic mass is 16.5. The molecule has 0 amide bonds. The van der Waals surface area contributed by atoms with Crippen molar-refractivity contribution in [2.75, 3.05) is 6.61 Å². The fourth-order valence-corrected chi connectivity index (χ4v) is 4.20. The quantitative estimate of drug-likeness (QED) is 0.422. The standard InChI is InChI=1S/C25H36N2O/c1-3-5-6-17-28-24-18-26-25(27-19-24)23-15-13-22(14-16-23)12-11-21-9-7-20(4-2)8-10-21/h13-16,18-21H,3-12,17H2,1-2H3/t20-,21-. The minimum atomic E-state index is 0.741. The summed E-state index contributed by atoms with van der Waals surface area (Å²) < 4.78 is 5.70. The van der Waals surface area contributed by atoms with Gasteiger partial charge < -0.3 is 4.74 Å². The Labute approximate surface area is 171 Å². The van der Waals surface area contributed by atoms with E-state index < -0.39 is 0 Å². The molecule has 0 unspecified atom stereocenters. The number of aryl methyl sites for hydroxylation is 1. The average Bonchev–Trinajstić information content (AvgIpc) is 2.76. The molecule has 3 nitrogen and oxygen atoms in total. The number of ether oxygens (including phenoxy) is 1. The zero-order chi connectivity index (χ0) is 19.6. The lowest BCUT2D eigenvalue weighted by molar-refractivity contribution is 0.259. The van der Waals surface area contributed by atoms with Gasteiger partial charge in [0.2, 0.25) is 0 Å². The van der Waals surface area contributed by atoms with Crippen molar-refractivity contribution in [3.8, 4) is 17.1 Å². The van der Waals surface area contributed by atoms with Crippen molar-refractivity contribution in [3.05, 3.63) is 42.2 Å². The molecule has 0 aliphatic heterocycles. The summed E-state index contributed by atoms with van der Waals surface area (Å²) in [6.07, 6.45) is 16.7. The topological polar surface area (TPSA) is 35.0 Å². The maximum Gasteiger partial charge on any atom is 0.159 e. The number of hydrogen-bond acceptors (Lipinski definition) is 3. The number of hydrogen-bond donors (Lipinski definition) is 0. The van der Waals surface area contributed by atoms with Gasteiger partial charge in [0.15, 0.2) is 11.6 Å². The Balaban J connectivity index is 1.46. The minimum absolute atomic E-state index is 0.741. The summed E-state index contributed by atoms with van der Waals surface area (Å²) in [6, 6.07) is 8.79. The van der Waals surface area contributed by atoms with Gasteiger partial charge in [0, 0.05) is 5.56 Å². The van der Waals surface area contributed by atoms with Crippen LogP contribution in [0.4, 0.5) is 0 Å². The Morgan fingerprint density at radius 2 is 1.57 bits per heavy atom. The van der Waals surface area contributed by atoms with E-state index in [1.807, 2.05) is 0 Å². The van der Waals surface area contributed by atoms with E-state index in [9.17, 15) is 0 Å². The molecule has 28 heavy (non-hydrogen) atoms. The largest absolute Gasteiger partial charge is 0.490 e. The fraction of sp³-hybridized carbons (Fsp3) is 0.600. The normalized spacial score (nSPS) is 19.5. The summed E-state index contributed by atoms with van der Waals surface area (Å²) in [6.45, 7) is 5.27. The molecular formula is C25H36N2O. The number of unbranched alkanes of at least 4 members (excludes halogenated alkanes) is 2. The highest BCUT2D eigenvalue weighted by Crippen LogP contribution is 2.33. The molecular weight excluding hydrogens is 344 g/mol. The van der Waals surface area contributed by atoms with Gasteiger partial charge in [0.1, 0.15) is 0 Å². The molecule has 1 aromatic carbocycles. The fourth-order valence-electron chi connectivity index (χ4n) is 4.20. The molecule has 1 saturated carbocycles. The molecule has 152 valence electrons. The molecule has 1 heterocycles. The second kappa shape index (κ2) is 11.2. The lowest BCUT2D eigenvalue weighted by atomic mass is 9.78. The van der Waals surface area contributed by atoms with Crippen LogP contribution in [-0.4, -0.2) is 16.6 Å². The van der Waals surface area contributed by atoms with Crippen LogP contribution in [0.5, 0.6) is 5.75 Å². The van der Waals surface area contributed by atoms with Gasteiger partial charge in [-0.1, -0.05) is 83.1 Å². The number of aromatic nitrogens is 2. The Bertz CT molecular complexity index is 673. The summed E-state index contributed by atoms with van der Waals surface area (Å²) in [7, 11) is 0. The first-order valence-electron chi connectivity index (χ1n) is 11.3. The van der Waals surface area contributed by atoms with Crippen molar-refractivity contribution in [2.24, 2.45) is 11.8 Å². The number of benzene rings is 1. The van der Waals surface area contributed by atoms with E-state index in [1.165, 1.54) is 63.4 Å². The Kier molecular flexibility index (Phi) is 8.32. The Morgan fingerprint density at radius 1 is 0.893 bits per heavy atom. The van der Waals surface area contributed by atoms with Crippen LogP contribution in [0.25, 0.3) is 11.4 Å². The zero-order valence-corrected chi connectivity index (χ0v) is 17.7. The first-order valence-corrected chi connectivity index (χ1v) is 11.3. The van der Waals surface area contributed by atoms with Crippen LogP contribution in [0.3, 0.4) is 0 Å². The number of rotatable bonds is 10. The van der Waals surface area contributed by atoms with Crippen LogP contribution in [0.1, 0.15) is 77.2 Å². The number of nitrogens with zero attached hydrogens (tertiary/aromatic N) is 2. The van der Waals surface area contributed by atoms with Crippen molar-refractivity contribution in [1.82, 2.24) is 9.97 Å². The van der Waals surface area contributed by atoms with E-state index >= 15 is 0 Å². The smallest absolute Gasteiger partial charge is 0.159 e. The molecule has 0 spiro atoms. The molecule has 0 bridgehead atoms. The summed E-state index contributed by atoms with van der Waals surface area (Å²) in [5.41, 5.74) is 2.50. The van der Waals surface area contributed by atoms with Gasteiger partial charge in [-0.15, -0.1) is 0 Å². The SMILES string of the molecule is CCCCCOc1cnc(-c2ccc(CC[C@H]3CC[C@H](CC)CC3)cc2)nc1. The predicted molar refractivity (Wildman–Crippen MR) is 117 cm³/mol. The first kappa shape index (κ1) is 20.8. The average molecular weight is 381 g/mol. The van der Waals surface area contributed by atoms with Crippen LogP contribution in [-0.2, 0) is 6.42 Å². The summed E-state index contributed by atoms with van der Waals surface area (Å²) in [5.74, 6) is 3.44. The second-order valence-corrected chi connectivity index (χ2v) is 8.33. The summed E-state index contributed by atoms with van der Waals surface area (Å²) >= 11 is 0. The van der Waals surface area contributed by atoms with E-state index in [1.54, 1.807) is 12.4 Å². The van der Waals surface area contributed by atoms with Gasteiger partial charge in [-0.05, 0) is 36.7 Å². The van der Waals surface area contributed by atoms with E-state index in [-0.39, 0.29) is 0 Å². The first-order chi connectivity index (χ1) is 13.8. The second-order valence-electron chi connectivity index (χ2n) is 8.33. The molecule has 0 N–H and O–H groups in total. The molecule has 1 aromatic heterocycles. The van der Waals surface area contributed by atoms with Crippen LogP contribution in [0, 0.1) is 11.8 Å². The van der Waals surface area contributed by atoms with Crippen molar-refractivity contribution in [2.45, 2.75) is 78.1 Å². The molecule has 3 rings (SSSR count). The molecule has 0 atom stereocenters. The molecule has 1 aliphatic carbocycles. The zero-order valence-electron chi connectivity index (χ0n) is 17.7. The third-order valence-corrected chi connectivity index (χ3v) is 6.24. The molecule has 1 aliphatic rings. The van der Waals surface area contributed by atoms with Crippen LogP contribution in [0.15, 0.2) is 36.7 Å². The van der Waals surface area contributed by atoms with Gasteiger partial charge in [-0.3, -0.25) is 0 Å². The maximum absolute atomic E-state index is 5.70. The molecule has 0 radical (unpaired) electrons. The van der Waals surface area contributed by atoms with Gasteiger partial charge >= 0.3 is 0 Å². The third-order valence-electron chi connectivity index (χ3n) is 6.24. The predicted octanol–water partition coefficient (Wildman–Crippen LogP) is 6.86. The van der Waals surface area contributed by atoms with Gasteiger partial charge in [-0.2, -0.15) is 0 Å². The molecule has 0 saturated heterocycles. The van der Waals surface area contributed by atoms with Crippen LogP contribution < -0.4 is 4.74 Å². The molecule has 3 heteroatoms. The Hall–Kier alpha value is -1.90. The minimum Gasteiger partial charge on any atom is -0.490 e. The third kappa shape index (κ3) is 6.32. The van der Waals surface area contributed by atoms with Crippen molar-refractivity contribution < 1.29 is 4.74 Å². The van der Waals surface area contributed by atoms with E-state index in [4.69, 9.17) is 4.74 Å². The summed E-state index contributed by atoms with van der Waals surface area (Å²) in [5, 5.41) is 0. The highest BCUT2D eigenvalue weighted by molar-refractivity contribution is 5.55. The van der Waals surface area contributed by atoms with Gasteiger partial charge in [0.25, 0.3) is 0 Å².